The van der Waals surface area contributed by atoms with Gasteiger partial charge in [0.15, 0.2) is 0 Å². The second kappa shape index (κ2) is 14.2. The minimum atomic E-state index is 0.796. The van der Waals surface area contributed by atoms with E-state index in [1.165, 1.54) is 55.8 Å². The molecule has 0 nitrogen and oxygen atoms in total. The molecule has 0 aliphatic heterocycles. The normalized spacial score (nSPS) is 10.7. The van der Waals surface area contributed by atoms with E-state index >= 15 is 0 Å². The van der Waals surface area contributed by atoms with Crippen molar-refractivity contribution in [1.29, 1.82) is 0 Å². The van der Waals surface area contributed by atoms with E-state index in [-0.39, 0.29) is 0 Å². The summed E-state index contributed by atoms with van der Waals surface area (Å²) >= 11 is 6.52. The molecule has 0 N–H and O–H groups in total. The van der Waals surface area contributed by atoms with E-state index in [1.807, 2.05) is 0 Å². The van der Waals surface area contributed by atoms with E-state index in [4.69, 9.17) is 0 Å². The molecule has 0 fully saturated rings. The van der Waals surface area contributed by atoms with Crippen molar-refractivity contribution in [2.75, 3.05) is 17.3 Å². The summed E-state index contributed by atoms with van der Waals surface area (Å²) in [5.41, 5.74) is 0. The molecule has 0 saturated carbocycles. The molecule has 0 aromatic carbocycles. The van der Waals surface area contributed by atoms with Crippen molar-refractivity contribution in [3.63, 3.8) is 0 Å². The van der Waals surface area contributed by atoms with Crippen LogP contribution in [-0.4, -0.2) is 21.8 Å². The Hall–Kier alpha value is 1.11. The van der Waals surface area contributed by atoms with Crippen molar-refractivity contribution in [2.24, 2.45) is 0 Å². The van der Waals surface area contributed by atoms with Gasteiger partial charge in [-0.2, -0.15) is 34.8 Å². The van der Waals surface area contributed by atoms with Gasteiger partial charge in [-0.25, -0.2) is 0 Å². The first kappa shape index (κ1) is 17.1. The van der Waals surface area contributed by atoms with Crippen LogP contribution in [0.2, 0.25) is 0 Å². The van der Waals surface area contributed by atoms with E-state index in [0.29, 0.717) is 0 Å². The van der Waals surface area contributed by atoms with Crippen LogP contribution in [0.5, 0.6) is 0 Å². The van der Waals surface area contributed by atoms with Crippen LogP contribution in [0, 0.1) is 0 Å². The van der Waals surface area contributed by atoms with Gasteiger partial charge >= 0.3 is 4.55 Å². The highest BCUT2D eigenvalue weighted by Crippen LogP contribution is 2.31. The minimum absolute atomic E-state index is 0.796. The Morgan fingerprint density at radius 1 is 0.625 bits per heavy atom. The van der Waals surface area contributed by atoms with Gasteiger partial charge in [-0.15, -0.1) is 0 Å². The van der Waals surface area contributed by atoms with Crippen molar-refractivity contribution in [2.45, 2.75) is 59.3 Å². The van der Waals surface area contributed by atoms with Gasteiger partial charge in [0.25, 0.3) is 0 Å². The lowest BCUT2D eigenvalue weighted by Gasteiger charge is -2.12. The van der Waals surface area contributed by atoms with Crippen LogP contribution >= 0.6 is 34.8 Å². The molecule has 0 amide bonds. The highest BCUT2D eigenvalue weighted by atomic mass is 32.3. The molecule has 0 spiro atoms. The zero-order valence-electron chi connectivity index (χ0n) is 11.2. The van der Waals surface area contributed by atoms with Gasteiger partial charge in [0, 0.05) is 0 Å². The van der Waals surface area contributed by atoms with Crippen LogP contribution in [-0.2, 0) is 0 Å². The molecule has 0 radical (unpaired) electrons. The second-order valence-electron chi connectivity index (χ2n) is 3.96. The van der Waals surface area contributed by atoms with Gasteiger partial charge in [-0.3, -0.25) is 0 Å². The molecule has 0 unspecified atom stereocenters. The fraction of sp³-hybridized carbons (Fsp3) is 1.00. The van der Waals surface area contributed by atoms with Crippen molar-refractivity contribution < 1.29 is 0 Å². The van der Waals surface area contributed by atoms with Crippen LogP contribution in [0.3, 0.4) is 0 Å². The summed E-state index contributed by atoms with van der Waals surface area (Å²) < 4.78 is 0.796. The van der Waals surface area contributed by atoms with E-state index in [9.17, 15) is 0 Å². The lowest BCUT2D eigenvalue weighted by Crippen LogP contribution is -2.02. The minimum Gasteiger partial charge on any atom is -0.184 e. The van der Waals surface area contributed by atoms with Crippen molar-refractivity contribution in [3.05, 3.63) is 0 Å². The van der Waals surface area contributed by atoms with Gasteiger partial charge in [0.1, 0.15) is 0 Å². The summed E-state index contributed by atoms with van der Waals surface area (Å²) in [4.78, 5) is 0. The monoisotopic (exact) mass is 278 g/mol. The standard InChI is InChI=1S/C12H27BS3/c1-4-7-10-14-13(15-11-8-5-2)16-12-9-6-3/h4-12H2,1-3H3. The van der Waals surface area contributed by atoms with Crippen molar-refractivity contribution >= 4 is 39.4 Å². The van der Waals surface area contributed by atoms with Crippen LogP contribution in [0.15, 0.2) is 0 Å². The maximum Gasteiger partial charge on any atom is 0.341 e. The maximum absolute atomic E-state index is 2.28. The van der Waals surface area contributed by atoms with Crippen LogP contribution < -0.4 is 0 Å². The lowest BCUT2D eigenvalue weighted by atomic mass is 10.4. The van der Waals surface area contributed by atoms with Gasteiger partial charge in [0.05, 0.1) is 0 Å². The van der Waals surface area contributed by atoms with Gasteiger partial charge in [-0.1, -0.05) is 40.0 Å². The quantitative estimate of drug-likeness (QED) is 0.338. The Balaban J connectivity index is 3.58. The first-order valence-corrected chi connectivity index (χ1v) is 9.84. The Bertz CT molecular complexity index is 110. The summed E-state index contributed by atoms with van der Waals surface area (Å²) in [6.07, 6.45) is 8.13. The molecule has 0 rings (SSSR count). The smallest absolute Gasteiger partial charge is 0.184 e. The van der Waals surface area contributed by atoms with Crippen LogP contribution in [0.4, 0.5) is 0 Å². The predicted molar refractivity (Wildman–Crippen MR) is 87.9 cm³/mol. The van der Waals surface area contributed by atoms with Gasteiger partial charge < -0.3 is 0 Å². The number of hydrogen-bond acceptors (Lipinski definition) is 3. The molecule has 96 valence electrons. The van der Waals surface area contributed by atoms with Crippen molar-refractivity contribution in [3.8, 4) is 0 Å². The first-order chi connectivity index (χ1) is 7.85. The van der Waals surface area contributed by atoms with E-state index in [0.717, 1.165) is 4.55 Å². The second-order valence-corrected chi connectivity index (χ2v) is 8.50. The third-order valence-electron chi connectivity index (χ3n) is 2.26. The van der Waals surface area contributed by atoms with Crippen LogP contribution in [0.25, 0.3) is 0 Å². The third-order valence-corrected chi connectivity index (χ3v) is 7.09. The van der Waals surface area contributed by atoms with Crippen molar-refractivity contribution in [1.82, 2.24) is 0 Å². The molecule has 0 bridgehead atoms. The Kier molecular flexibility index (Phi) is 15.2. The highest BCUT2D eigenvalue weighted by Gasteiger charge is 2.15. The van der Waals surface area contributed by atoms with E-state index in [2.05, 4.69) is 55.6 Å². The molecule has 0 aliphatic rings. The molecular weight excluding hydrogens is 251 g/mol. The summed E-state index contributed by atoms with van der Waals surface area (Å²) in [7, 11) is 0. The number of rotatable bonds is 12. The predicted octanol–water partition coefficient (Wildman–Crippen LogP) is 5.57. The van der Waals surface area contributed by atoms with E-state index < -0.39 is 0 Å². The fourth-order valence-electron chi connectivity index (χ4n) is 1.12. The molecule has 4 heteroatoms. The molecule has 0 heterocycles. The lowest BCUT2D eigenvalue weighted by molar-refractivity contribution is 0.897. The van der Waals surface area contributed by atoms with Gasteiger partial charge in [0.2, 0.25) is 0 Å². The van der Waals surface area contributed by atoms with Crippen LogP contribution in [0.1, 0.15) is 59.3 Å². The fourth-order valence-corrected chi connectivity index (χ4v) is 5.95. The van der Waals surface area contributed by atoms with E-state index in [1.54, 1.807) is 0 Å². The molecule has 0 aromatic heterocycles. The third kappa shape index (κ3) is 11.6. The first-order valence-electron chi connectivity index (χ1n) is 6.69. The maximum atomic E-state index is 2.28. The summed E-state index contributed by atoms with van der Waals surface area (Å²) in [5.74, 6) is 4.04. The largest absolute Gasteiger partial charge is 0.341 e. The SMILES string of the molecule is CCCCSB(SCCCC)SCCCC. The summed E-state index contributed by atoms with van der Waals surface area (Å²) in [5, 5.41) is 0. The molecule has 16 heavy (non-hydrogen) atoms. The Labute approximate surface area is 116 Å². The summed E-state index contributed by atoms with van der Waals surface area (Å²) in [6, 6.07) is 0. The zero-order chi connectivity index (χ0) is 12.1. The van der Waals surface area contributed by atoms with Gasteiger partial charge in [-0.05, 0) is 36.5 Å². The molecule has 0 aliphatic carbocycles. The Morgan fingerprint density at radius 3 is 1.19 bits per heavy atom. The topological polar surface area (TPSA) is 0 Å². The molecular formula is C12H27BS3. The number of hydrogen-bond donors (Lipinski definition) is 0. The summed E-state index contributed by atoms with van der Waals surface area (Å²) in [6.45, 7) is 6.85. The highest BCUT2D eigenvalue weighted by molar-refractivity contribution is 8.76. The average molecular weight is 278 g/mol. The molecule has 0 aromatic rings. The average Bonchev–Trinajstić information content (AvgIpc) is 2.29. The molecule has 0 atom stereocenters. The zero-order valence-corrected chi connectivity index (χ0v) is 13.6. The Morgan fingerprint density at radius 2 is 0.938 bits per heavy atom. The molecule has 0 saturated heterocycles. The number of unbranched alkanes of at least 4 members (excludes halogenated alkanes) is 3.